The van der Waals surface area contributed by atoms with Gasteiger partial charge < -0.3 is 9.47 Å². The lowest BCUT2D eigenvalue weighted by Gasteiger charge is -2.14. The summed E-state index contributed by atoms with van der Waals surface area (Å²) in [6, 6.07) is 8.53. The predicted molar refractivity (Wildman–Crippen MR) is 106 cm³/mol. The first kappa shape index (κ1) is 22.0. The number of hydrogen-bond acceptors (Lipinski definition) is 6. The highest BCUT2D eigenvalue weighted by atomic mass is 19.4. The molecule has 0 bridgehead atoms. The zero-order chi connectivity index (χ0) is 22.4. The minimum absolute atomic E-state index is 0.00941. The van der Waals surface area contributed by atoms with Crippen molar-refractivity contribution >= 4 is 12.2 Å². The molecule has 0 radical (unpaired) electrons. The Kier molecular flexibility index (Phi) is 6.68. The van der Waals surface area contributed by atoms with Crippen LogP contribution in [0.2, 0.25) is 0 Å². The summed E-state index contributed by atoms with van der Waals surface area (Å²) in [6.45, 7) is 3.44. The smallest absolute Gasteiger partial charge is 0.416 e. The van der Waals surface area contributed by atoms with Crippen molar-refractivity contribution in [3.8, 4) is 17.1 Å². The number of esters is 1. The molecule has 0 saturated heterocycles. The van der Waals surface area contributed by atoms with E-state index in [0.29, 0.717) is 5.69 Å². The van der Waals surface area contributed by atoms with Crippen molar-refractivity contribution in [2.75, 3.05) is 0 Å². The fourth-order valence-corrected chi connectivity index (χ4v) is 2.52. The van der Waals surface area contributed by atoms with E-state index in [1.807, 2.05) is 0 Å². The molecule has 0 spiro atoms. The van der Waals surface area contributed by atoms with Crippen molar-refractivity contribution in [1.29, 1.82) is 0 Å². The van der Waals surface area contributed by atoms with Crippen molar-refractivity contribution in [3.63, 3.8) is 0 Å². The molecule has 0 fully saturated rings. The summed E-state index contributed by atoms with van der Waals surface area (Å²) in [5, 5.41) is 4.09. The van der Waals surface area contributed by atoms with Gasteiger partial charge in [-0.2, -0.15) is 13.2 Å². The molecule has 0 amide bonds. The minimum atomic E-state index is -4.55. The van der Waals surface area contributed by atoms with Crippen LogP contribution in [0.25, 0.3) is 17.6 Å². The van der Waals surface area contributed by atoms with E-state index < -0.39 is 17.7 Å². The topological polar surface area (TPSA) is 79.1 Å². The second-order valence-corrected chi connectivity index (χ2v) is 6.70. The van der Waals surface area contributed by atoms with Gasteiger partial charge in [-0.25, -0.2) is 14.5 Å². The molecule has 0 aliphatic heterocycles. The van der Waals surface area contributed by atoms with E-state index >= 15 is 0 Å². The quantitative estimate of drug-likeness (QED) is 0.408. The number of halogens is 3. The Labute approximate surface area is 176 Å². The van der Waals surface area contributed by atoms with E-state index in [1.54, 1.807) is 38.2 Å². The molecule has 3 rings (SSSR count). The number of carbonyl (C=O) groups is 1. The lowest BCUT2D eigenvalue weighted by molar-refractivity contribution is -0.139. The lowest BCUT2D eigenvalue weighted by Crippen LogP contribution is -2.09. The number of ether oxygens (including phenoxy) is 2. The van der Waals surface area contributed by atoms with Gasteiger partial charge in [-0.05, 0) is 44.2 Å². The maximum Gasteiger partial charge on any atom is 0.416 e. The van der Waals surface area contributed by atoms with Crippen molar-refractivity contribution in [2.45, 2.75) is 32.7 Å². The first-order valence-electron chi connectivity index (χ1n) is 9.26. The lowest BCUT2D eigenvalue weighted by atomic mass is 10.1. The van der Waals surface area contributed by atoms with Gasteiger partial charge in [0.05, 0.1) is 17.4 Å². The standard InChI is InChI=1S/C21H19F3N4O3/c1-14(2)31-18-10-15(9-16(11-18)21(22,23)24)20-26-13-28(27-20)8-6-19(29)30-12-17-5-3-4-7-25-17/h3-11,13-14H,12H2,1-2H3/b8-6+. The Balaban J connectivity index is 1.73. The van der Waals surface area contributed by atoms with Gasteiger partial charge in [0.1, 0.15) is 18.7 Å². The van der Waals surface area contributed by atoms with Crippen LogP contribution in [0.5, 0.6) is 5.75 Å². The molecule has 1 aromatic carbocycles. The summed E-state index contributed by atoms with van der Waals surface area (Å²) < 4.78 is 51.4. The van der Waals surface area contributed by atoms with Crippen molar-refractivity contribution < 1.29 is 27.4 Å². The first-order chi connectivity index (χ1) is 14.7. The average Bonchev–Trinajstić information content (AvgIpc) is 3.19. The summed E-state index contributed by atoms with van der Waals surface area (Å²) in [5.74, 6) is -0.523. The highest BCUT2D eigenvalue weighted by molar-refractivity contribution is 5.84. The Bertz CT molecular complexity index is 1060. The highest BCUT2D eigenvalue weighted by Gasteiger charge is 2.32. The normalized spacial score (nSPS) is 11.8. The van der Waals surface area contributed by atoms with E-state index in [2.05, 4.69) is 15.1 Å². The van der Waals surface area contributed by atoms with Crippen LogP contribution in [-0.4, -0.2) is 31.8 Å². The van der Waals surface area contributed by atoms with Gasteiger partial charge in [0.2, 0.25) is 0 Å². The Morgan fingerprint density at radius 2 is 2.00 bits per heavy atom. The molecule has 0 saturated carbocycles. The molecule has 10 heteroatoms. The Morgan fingerprint density at radius 1 is 1.19 bits per heavy atom. The molecular formula is C21H19F3N4O3. The summed E-state index contributed by atoms with van der Waals surface area (Å²) in [7, 11) is 0. The molecule has 31 heavy (non-hydrogen) atoms. The molecule has 0 aliphatic rings. The number of carbonyl (C=O) groups excluding carboxylic acids is 1. The third-order valence-corrected chi connectivity index (χ3v) is 3.82. The molecule has 2 aromatic heterocycles. The zero-order valence-corrected chi connectivity index (χ0v) is 16.7. The molecule has 3 aromatic rings. The fraction of sp³-hybridized carbons (Fsp3) is 0.238. The summed E-state index contributed by atoms with van der Waals surface area (Å²) >= 11 is 0. The van der Waals surface area contributed by atoms with Crippen LogP contribution in [-0.2, 0) is 22.3 Å². The van der Waals surface area contributed by atoms with E-state index in [1.165, 1.54) is 23.3 Å². The van der Waals surface area contributed by atoms with E-state index in [0.717, 1.165) is 18.2 Å². The molecule has 0 atom stereocenters. The monoisotopic (exact) mass is 432 g/mol. The van der Waals surface area contributed by atoms with Gasteiger partial charge in [-0.1, -0.05) is 6.07 Å². The Morgan fingerprint density at radius 3 is 2.68 bits per heavy atom. The van der Waals surface area contributed by atoms with Crippen LogP contribution < -0.4 is 4.74 Å². The minimum Gasteiger partial charge on any atom is -0.491 e. The zero-order valence-electron chi connectivity index (χ0n) is 16.7. The summed E-state index contributed by atoms with van der Waals surface area (Å²) in [4.78, 5) is 19.9. The van der Waals surface area contributed by atoms with Gasteiger partial charge in [0, 0.05) is 24.0 Å². The third kappa shape index (κ3) is 6.39. The second kappa shape index (κ2) is 9.41. The summed E-state index contributed by atoms with van der Waals surface area (Å²) in [5.41, 5.74) is -0.141. The van der Waals surface area contributed by atoms with Gasteiger partial charge in [-0.3, -0.25) is 4.98 Å². The molecule has 0 aliphatic carbocycles. The molecule has 2 heterocycles. The largest absolute Gasteiger partial charge is 0.491 e. The third-order valence-electron chi connectivity index (χ3n) is 3.82. The van der Waals surface area contributed by atoms with Crippen molar-refractivity contribution in [1.82, 2.24) is 19.7 Å². The van der Waals surface area contributed by atoms with Crippen LogP contribution in [0.1, 0.15) is 25.1 Å². The number of aromatic nitrogens is 4. The number of alkyl halides is 3. The molecule has 0 unspecified atom stereocenters. The van der Waals surface area contributed by atoms with Gasteiger partial charge in [0.15, 0.2) is 5.82 Å². The van der Waals surface area contributed by atoms with Gasteiger partial charge in [0.25, 0.3) is 0 Å². The first-order valence-corrected chi connectivity index (χ1v) is 9.26. The average molecular weight is 432 g/mol. The fourth-order valence-electron chi connectivity index (χ4n) is 2.52. The molecule has 7 nitrogen and oxygen atoms in total. The van der Waals surface area contributed by atoms with Crippen LogP contribution in [0, 0.1) is 0 Å². The second-order valence-electron chi connectivity index (χ2n) is 6.70. The van der Waals surface area contributed by atoms with Crippen molar-refractivity contribution in [3.05, 3.63) is 66.3 Å². The van der Waals surface area contributed by atoms with E-state index in [4.69, 9.17) is 9.47 Å². The number of hydrogen-bond donors (Lipinski definition) is 0. The van der Waals surface area contributed by atoms with Crippen LogP contribution in [0.4, 0.5) is 13.2 Å². The SMILES string of the molecule is CC(C)Oc1cc(-c2ncn(/C=C/C(=O)OCc3ccccn3)n2)cc(C(F)(F)F)c1. The predicted octanol–water partition coefficient (Wildman–Crippen LogP) is 4.36. The number of rotatable bonds is 7. The van der Waals surface area contributed by atoms with Crippen molar-refractivity contribution in [2.24, 2.45) is 0 Å². The maximum absolute atomic E-state index is 13.2. The molecular weight excluding hydrogens is 413 g/mol. The van der Waals surface area contributed by atoms with E-state index in [9.17, 15) is 18.0 Å². The van der Waals surface area contributed by atoms with Gasteiger partial charge >= 0.3 is 12.1 Å². The maximum atomic E-state index is 13.2. The Hall–Kier alpha value is -3.69. The number of nitrogens with zero attached hydrogens (tertiary/aromatic N) is 4. The molecule has 0 N–H and O–H groups in total. The molecule has 162 valence electrons. The van der Waals surface area contributed by atoms with Crippen LogP contribution in [0.15, 0.2) is 55.0 Å². The highest BCUT2D eigenvalue weighted by Crippen LogP contribution is 2.35. The number of benzene rings is 1. The number of pyridine rings is 1. The van der Waals surface area contributed by atoms with Crippen LogP contribution in [0.3, 0.4) is 0 Å². The van der Waals surface area contributed by atoms with E-state index in [-0.39, 0.29) is 29.8 Å². The summed E-state index contributed by atoms with van der Waals surface area (Å²) in [6.07, 6.45) is 0.409. The van der Waals surface area contributed by atoms with Gasteiger partial charge in [-0.15, -0.1) is 5.10 Å². The van der Waals surface area contributed by atoms with Crippen LogP contribution >= 0.6 is 0 Å².